The first-order chi connectivity index (χ1) is 8.75. The molecule has 19 heavy (non-hydrogen) atoms. The van der Waals surface area contributed by atoms with Crippen molar-refractivity contribution in [2.24, 2.45) is 16.7 Å². The third-order valence-electron chi connectivity index (χ3n) is 5.54. The number of rotatable bonds is 2. The third kappa shape index (κ3) is 1.64. The normalized spacial score (nSPS) is 24.8. The highest BCUT2D eigenvalue weighted by Crippen LogP contribution is 2.72. The molecule has 3 heteroatoms. The lowest BCUT2D eigenvalue weighted by atomic mass is 9.97. The lowest BCUT2D eigenvalue weighted by molar-refractivity contribution is -0.115. The molecule has 1 saturated carbocycles. The molecule has 2 N–H and O–H groups in total. The molecular weight excluding hydrogens is 238 g/mol. The van der Waals surface area contributed by atoms with Crippen molar-refractivity contribution >= 4 is 11.6 Å². The quantitative estimate of drug-likeness (QED) is 0.858. The summed E-state index contributed by atoms with van der Waals surface area (Å²) in [6.07, 6.45) is -0.0288. The van der Waals surface area contributed by atoms with Gasteiger partial charge in [0.1, 0.15) is 0 Å². The zero-order chi connectivity index (χ0) is 14.0. The lowest BCUT2D eigenvalue weighted by Crippen LogP contribution is -2.05. The molecule has 3 rings (SSSR count). The number of carbonyl (C=O) groups excluding carboxylic acids is 1. The Labute approximate surface area is 114 Å². The average molecular weight is 259 g/mol. The second-order valence-electron chi connectivity index (χ2n) is 7.01. The number of aliphatic hydroxyl groups is 1. The van der Waals surface area contributed by atoms with Gasteiger partial charge in [-0.05, 0) is 28.0 Å². The maximum atomic E-state index is 11.4. The molecule has 1 heterocycles. The van der Waals surface area contributed by atoms with Crippen molar-refractivity contribution in [1.29, 1.82) is 0 Å². The van der Waals surface area contributed by atoms with E-state index in [1.54, 1.807) is 0 Å². The maximum Gasteiger partial charge on any atom is 0.228 e. The highest BCUT2D eigenvalue weighted by molar-refractivity contribution is 5.99. The summed E-state index contributed by atoms with van der Waals surface area (Å²) < 4.78 is 0. The van der Waals surface area contributed by atoms with E-state index in [0.717, 1.165) is 16.8 Å². The highest BCUT2D eigenvalue weighted by Gasteiger charge is 2.67. The number of carbonyl (C=O) groups is 1. The van der Waals surface area contributed by atoms with E-state index in [0.29, 0.717) is 6.42 Å². The summed E-state index contributed by atoms with van der Waals surface area (Å²) >= 11 is 0. The summed E-state index contributed by atoms with van der Waals surface area (Å²) in [5.41, 5.74) is 3.12. The standard InChI is InChI=1S/C16H21NO2/c1-15(2)14(16(15,3)4)13(19)9-5-6-11-10(7-9)8-12(18)17-11/h5-7,13-14,19H,8H2,1-4H3,(H,17,18). The molecule has 102 valence electrons. The molecular formula is C16H21NO2. The van der Waals surface area contributed by atoms with Gasteiger partial charge in [-0.3, -0.25) is 4.79 Å². The smallest absolute Gasteiger partial charge is 0.228 e. The molecule has 0 radical (unpaired) electrons. The zero-order valence-electron chi connectivity index (χ0n) is 11.9. The van der Waals surface area contributed by atoms with Gasteiger partial charge in [0.2, 0.25) is 5.91 Å². The predicted octanol–water partition coefficient (Wildman–Crippen LogP) is 2.90. The third-order valence-corrected chi connectivity index (χ3v) is 5.54. The first-order valence-corrected chi connectivity index (χ1v) is 6.86. The number of hydrogen-bond acceptors (Lipinski definition) is 2. The van der Waals surface area contributed by atoms with Gasteiger partial charge in [0.05, 0.1) is 12.5 Å². The summed E-state index contributed by atoms with van der Waals surface area (Å²) in [6.45, 7) is 8.83. The molecule has 0 spiro atoms. The number of nitrogens with one attached hydrogen (secondary N) is 1. The van der Waals surface area contributed by atoms with Crippen LogP contribution in [-0.2, 0) is 11.2 Å². The minimum absolute atomic E-state index is 0.0359. The van der Waals surface area contributed by atoms with Gasteiger partial charge in [0, 0.05) is 11.6 Å². The molecule has 1 atom stereocenters. The van der Waals surface area contributed by atoms with Crippen molar-refractivity contribution in [3.63, 3.8) is 0 Å². The zero-order valence-corrected chi connectivity index (χ0v) is 11.9. The second-order valence-corrected chi connectivity index (χ2v) is 7.01. The molecule has 0 saturated heterocycles. The monoisotopic (exact) mass is 259 g/mol. The van der Waals surface area contributed by atoms with Crippen molar-refractivity contribution in [3.8, 4) is 0 Å². The van der Waals surface area contributed by atoms with Gasteiger partial charge in [0.25, 0.3) is 0 Å². The molecule has 1 aliphatic carbocycles. The Kier molecular flexibility index (Phi) is 2.40. The van der Waals surface area contributed by atoms with Crippen LogP contribution in [0.3, 0.4) is 0 Å². The molecule has 1 aromatic carbocycles. The summed E-state index contributed by atoms with van der Waals surface area (Å²) in [4.78, 5) is 11.4. The van der Waals surface area contributed by atoms with Crippen LogP contribution in [0.25, 0.3) is 0 Å². The van der Waals surface area contributed by atoms with Crippen molar-refractivity contribution in [1.82, 2.24) is 0 Å². The van der Waals surface area contributed by atoms with Crippen LogP contribution in [0.5, 0.6) is 0 Å². The van der Waals surface area contributed by atoms with Crippen molar-refractivity contribution in [2.45, 2.75) is 40.2 Å². The topological polar surface area (TPSA) is 49.3 Å². The average Bonchev–Trinajstić information content (AvgIpc) is 2.58. The fourth-order valence-electron chi connectivity index (χ4n) is 3.66. The van der Waals surface area contributed by atoms with Crippen LogP contribution in [-0.4, -0.2) is 11.0 Å². The number of aliphatic hydroxyl groups excluding tert-OH is 1. The fourth-order valence-corrected chi connectivity index (χ4v) is 3.66. The molecule has 0 aromatic heterocycles. The molecule has 2 aliphatic rings. The Balaban J connectivity index is 1.89. The van der Waals surface area contributed by atoms with Crippen LogP contribution in [0.4, 0.5) is 5.69 Å². The number of amides is 1. The van der Waals surface area contributed by atoms with Crippen molar-refractivity contribution in [2.75, 3.05) is 5.32 Å². The van der Waals surface area contributed by atoms with Gasteiger partial charge in [-0.25, -0.2) is 0 Å². The second kappa shape index (κ2) is 3.60. The molecule has 1 aromatic rings. The van der Waals surface area contributed by atoms with E-state index in [4.69, 9.17) is 0 Å². The Morgan fingerprint density at radius 3 is 2.47 bits per heavy atom. The Bertz CT molecular complexity index is 546. The van der Waals surface area contributed by atoms with E-state index in [1.807, 2.05) is 18.2 Å². The highest BCUT2D eigenvalue weighted by atomic mass is 16.3. The van der Waals surface area contributed by atoms with Gasteiger partial charge in [0.15, 0.2) is 0 Å². The van der Waals surface area contributed by atoms with Crippen molar-refractivity contribution < 1.29 is 9.90 Å². The van der Waals surface area contributed by atoms with Crippen molar-refractivity contribution in [3.05, 3.63) is 29.3 Å². The molecule has 1 aliphatic heterocycles. The van der Waals surface area contributed by atoms with Crippen LogP contribution in [0.1, 0.15) is 44.9 Å². The van der Waals surface area contributed by atoms with Gasteiger partial charge in [-0.1, -0.05) is 39.8 Å². The molecule has 1 fully saturated rings. The summed E-state index contributed by atoms with van der Waals surface area (Å²) in [7, 11) is 0. The Hall–Kier alpha value is -1.35. The van der Waals surface area contributed by atoms with E-state index in [-0.39, 0.29) is 22.7 Å². The van der Waals surface area contributed by atoms with E-state index in [9.17, 15) is 9.90 Å². The van der Waals surface area contributed by atoms with Crippen LogP contribution in [0, 0.1) is 16.7 Å². The number of benzene rings is 1. The van der Waals surface area contributed by atoms with Crippen LogP contribution in [0.15, 0.2) is 18.2 Å². The fraction of sp³-hybridized carbons (Fsp3) is 0.562. The molecule has 0 bridgehead atoms. The molecule has 1 amide bonds. The Morgan fingerprint density at radius 1 is 1.26 bits per heavy atom. The van der Waals surface area contributed by atoms with Gasteiger partial charge in [-0.15, -0.1) is 0 Å². The SMILES string of the molecule is CC1(C)C(C(O)c2ccc3c(c2)CC(=O)N3)C1(C)C. The summed E-state index contributed by atoms with van der Waals surface area (Å²) in [6, 6.07) is 5.81. The molecule has 1 unspecified atom stereocenters. The van der Waals surface area contributed by atoms with Crippen LogP contribution < -0.4 is 5.32 Å². The summed E-state index contributed by atoms with van der Waals surface area (Å²) in [5, 5.41) is 13.4. The lowest BCUT2D eigenvalue weighted by Gasteiger charge is -2.14. The number of fused-ring (bicyclic) bond motifs is 1. The predicted molar refractivity (Wildman–Crippen MR) is 74.8 cm³/mol. The van der Waals surface area contributed by atoms with Crippen LogP contribution >= 0.6 is 0 Å². The van der Waals surface area contributed by atoms with Gasteiger partial charge >= 0.3 is 0 Å². The van der Waals surface area contributed by atoms with Crippen LogP contribution in [0.2, 0.25) is 0 Å². The molecule has 3 nitrogen and oxygen atoms in total. The first-order valence-electron chi connectivity index (χ1n) is 6.86. The van der Waals surface area contributed by atoms with E-state index in [2.05, 4.69) is 33.0 Å². The number of anilines is 1. The maximum absolute atomic E-state index is 11.4. The number of hydrogen-bond donors (Lipinski definition) is 2. The minimum Gasteiger partial charge on any atom is -0.388 e. The first kappa shape index (κ1) is 12.7. The van der Waals surface area contributed by atoms with E-state index >= 15 is 0 Å². The largest absolute Gasteiger partial charge is 0.388 e. The minimum atomic E-state index is -0.453. The van der Waals surface area contributed by atoms with Gasteiger partial charge in [-0.2, -0.15) is 0 Å². The van der Waals surface area contributed by atoms with Gasteiger partial charge < -0.3 is 10.4 Å². The van der Waals surface area contributed by atoms with E-state index < -0.39 is 6.10 Å². The Morgan fingerprint density at radius 2 is 1.89 bits per heavy atom. The van der Waals surface area contributed by atoms with E-state index in [1.165, 1.54) is 0 Å². The summed E-state index contributed by atoms with van der Waals surface area (Å²) in [5.74, 6) is 0.303.